The van der Waals surface area contributed by atoms with Gasteiger partial charge in [-0.25, -0.2) is 22.0 Å². The molecule has 0 N–H and O–H groups in total. The van der Waals surface area contributed by atoms with E-state index in [2.05, 4.69) is 4.99 Å². The smallest absolute Gasteiger partial charge is 0.200 e. The summed E-state index contributed by atoms with van der Waals surface area (Å²) in [4.78, 5) is 3.57. The van der Waals surface area contributed by atoms with E-state index >= 15 is 0 Å². The Morgan fingerprint density at radius 1 is 0.812 bits per heavy atom. The van der Waals surface area contributed by atoms with Crippen LogP contribution in [0.3, 0.4) is 0 Å². The van der Waals surface area contributed by atoms with Crippen molar-refractivity contribution in [2.24, 2.45) is 4.99 Å². The summed E-state index contributed by atoms with van der Waals surface area (Å²) in [5, 5.41) is 0. The Bertz CT molecular complexity index is 410. The molecule has 16 heavy (non-hydrogen) atoms. The van der Waals surface area contributed by atoms with Crippen molar-refractivity contribution < 1.29 is 22.0 Å². The molecule has 88 valence electrons. The van der Waals surface area contributed by atoms with E-state index < -0.39 is 34.6 Å². The fourth-order valence-corrected chi connectivity index (χ4v) is 0.959. The zero-order chi connectivity index (χ0) is 12.5. The van der Waals surface area contributed by atoms with Crippen LogP contribution in [-0.2, 0) is 0 Å². The number of halogens is 5. The van der Waals surface area contributed by atoms with Crippen molar-refractivity contribution >= 4 is 6.21 Å². The van der Waals surface area contributed by atoms with Crippen LogP contribution >= 0.6 is 0 Å². The monoisotopic (exact) mass is 237 g/mol. The second kappa shape index (κ2) is 4.59. The van der Waals surface area contributed by atoms with Crippen LogP contribution in [0.25, 0.3) is 0 Å². The molecule has 0 aliphatic heterocycles. The first-order valence-electron chi connectivity index (χ1n) is 4.40. The molecule has 1 aromatic rings. The van der Waals surface area contributed by atoms with Crippen LogP contribution < -0.4 is 0 Å². The summed E-state index contributed by atoms with van der Waals surface area (Å²) in [6.07, 6.45) is 0.640. The highest BCUT2D eigenvalue weighted by Gasteiger charge is 2.24. The summed E-state index contributed by atoms with van der Waals surface area (Å²) in [6, 6.07) is -0.310. The standard InChI is InChI=1S/C10H8F5N/c1-4(2)16-3-5-6(11)8(13)10(15)9(14)7(5)12/h3-4H,1-2H3. The van der Waals surface area contributed by atoms with E-state index in [0.29, 0.717) is 6.21 Å². The quantitative estimate of drug-likeness (QED) is 0.324. The molecule has 0 radical (unpaired) electrons. The molecule has 1 rings (SSSR count). The number of aliphatic imine (C=N–C) groups is 1. The highest BCUT2D eigenvalue weighted by Crippen LogP contribution is 2.21. The molecule has 0 heterocycles. The van der Waals surface area contributed by atoms with Gasteiger partial charge in [0.05, 0.1) is 5.56 Å². The lowest BCUT2D eigenvalue weighted by atomic mass is 10.2. The topological polar surface area (TPSA) is 12.4 Å². The predicted molar refractivity (Wildman–Crippen MR) is 49.0 cm³/mol. The number of rotatable bonds is 2. The van der Waals surface area contributed by atoms with Gasteiger partial charge in [0.2, 0.25) is 5.82 Å². The van der Waals surface area contributed by atoms with Crippen molar-refractivity contribution in [3.05, 3.63) is 34.6 Å². The maximum atomic E-state index is 13.0. The number of nitrogens with zero attached hydrogens (tertiary/aromatic N) is 1. The van der Waals surface area contributed by atoms with Gasteiger partial charge in [-0.2, -0.15) is 0 Å². The summed E-state index contributed by atoms with van der Waals surface area (Å²) in [5.41, 5.74) is -1.02. The first-order chi connectivity index (χ1) is 7.36. The normalized spacial score (nSPS) is 11.8. The van der Waals surface area contributed by atoms with Gasteiger partial charge in [0.25, 0.3) is 0 Å². The maximum absolute atomic E-state index is 13.0. The average Bonchev–Trinajstić information content (AvgIpc) is 2.23. The molecule has 6 heteroatoms. The molecule has 0 unspecified atom stereocenters. The maximum Gasteiger partial charge on any atom is 0.200 e. The zero-order valence-electron chi connectivity index (χ0n) is 8.49. The third-order valence-corrected chi connectivity index (χ3v) is 1.75. The minimum Gasteiger partial charge on any atom is -0.290 e. The van der Waals surface area contributed by atoms with E-state index in [9.17, 15) is 22.0 Å². The number of hydrogen-bond acceptors (Lipinski definition) is 1. The Kier molecular flexibility index (Phi) is 3.62. The van der Waals surface area contributed by atoms with Crippen molar-refractivity contribution in [1.82, 2.24) is 0 Å². The van der Waals surface area contributed by atoms with Crippen molar-refractivity contribution in [2.45, 2.75) is 19.9 Å². The average molecular weight is 237 g/mol. The summed E-state index contributed by atoms with van der Waals surface area (Å²) in [6.45, 7) is 3.20. The van der Waals surface area contributed by atoms with Crippen molar-refractivity contribution in [3.8, 4) is 0 Å². The van der Waals surface area contributed by atoms with E-state index in [1.54, 1.807) is 13.8 Å². The fourth-order valence-electron chi connectivity index (χ4n) is 0.959. The van der Waals surface area contributed by atoms with Gasteiger partial charge in [0, 0.05) is 12.3 Å². The lowest BCUT2D eigenvalue weighted by Gasteiger charge is -2.04. The molecule has 0 aliphatic rings. The largest absolute Gasteiger partial charge is 0.290 e. The van der Waals surface area contributed by atoms with Gasteiger partial charge in [-0.15, -0.1) is 0 Å². The van der Waals surface area contributed by atoms with E-state index in [1.165, 1.54) is 0 Å². The Hall–Kier alpha value is -1.46. The first kappa shape index (κ1) is 12.6. The minimum atomic E-state index is -2.17. The number of benzene rings is 1. The summed E-state index contributed by atoms with van der Waals surface area (Å²) in [7, 11) is 0. The summed E-state index contributed by atoms with van der Waals surface area (Å²) in [5.74, 6) is -9.86. The Morgan fingerprint density at radius 3 is 1.56 bits per heavy atom. The summed E-state index contributed by atoms with van der Waals surface area (Å²) < 4.78 is 64.1. The first-order valence-corrected chi connectivity index (χ1v) is 4.40. The van der Waals surface area contributed by atoms with E-state index in [1.807, 2.05) is 0 Å². The van der Waals surface area contributed by atoms with Crippen LogP contribution in [0.15, 0.2) is 4.99 Å². The molecular weight excluding hydrogens is 229 g/mol. The molecule has 0 aliphatic carbocycles. The van der Waals surface area contributed by atoms with Crippen molar-refractivity contribution in [2.75, 3.05) is 0 Å². The highest BCUT2D eigenvalue weighted by atomic mass is 19.2. The predicted octanol–water partition coefficient (Wildman–Crippen LogP) is 3.21. The van der Waals surface area contributed by atoms with Crippen LogP contribution in [0.2, 0.25) is 0 Å². The molecule has 0 saturated carbocycles. The zero-order valence-corrected chi connectivity index (χ0v) is 8.49. The van der Waals surface area contributed by atoms with Gasteiger partial charge in [0.1, 0.15) is 0 Å². The van der Waals surface area contributed by atoms with Crippen molar-refractivity contribution in [1.29, 1.82) is 0 Å². The molecule has 0 bridgehead atoms. The van der Waals surface area contributed by atoms with Gasteiger partial charge in [0.15, 0.2) is 23.3 Å². The van der Waals surface area contributed by atoms with Crippen LogP contribution in [0, 0.1) is 29.1 Å². The Balaban J connectivity index is 3.40. The molecule has 1 nitrogen and oxygen atoms in total. The lowest BCUT2D eigenvalue weighted by Crippen LogP contribution is -2.07. The molecule has 0 spiro atoms. The van der Waals surface area contributed by atoms with E-state index in [-0.39, 0.29) is 6.04 Å². The third kappa shape index (κ3) is 2.20. The van der Waals surface area contributed by atoms with Gasteiger partial charge >= 0.3 is 0 Å². The highest BCUT2D eigenvalue weighted by molar-refractivity contribution is 5.80. The van der Waals surface area contributed by atoms with Crippen molar-refractivity contribution in [3.63, 3.8) is 0 Å². The van der Waals surface area contributed by atoms with Gasteiger partial charge < -0.3 is 0 Å². The van der Waals surface area contributed by atoms with Crippen LogP contribution in [0.1, 0.15) is 19.4 Å². The molecular formula is C10H8F5N. The molecule has 0 fully saturated rings. The Morgan fingerprint density at radius 2 is 1.19 bits per heavy atom. The molecule has 0 amide bonds. The fraction of sp³-hybridized carbons (Fsp3) is 0.300. The van der Waals surface area contributed by atoms with Crippen LogP contribution in [0.4, 0.5) is 22.0 Å². The van der Waals surface area contributed by atoms with Crippen LogP contribution in [0.5, 0.6) is 0 Å². The molecule has 0 atom stereocenters. The van der Waals surface area contributed by atoms with Crippen LogP contribution in [-0.4, -0.2) is 12.3 Å². The summed E-state index contributed by atoms with van der Waals surface area (Å²) >= 11 is 0. The lowest BCUT2D eigenvalue weighted by molar-refractivity contribution is 0.377. The van der Waals surface area contributed by atoms with Gasteiger partial charge in [-0.1, -0.05) is 0 Å². The van der Waals surface area contributed by atoms with Gasteiger partial charge in [-0.3, -0.25) is 4.99 Å². The second-order valence-electron chi connectivity index (χ2n) is 3.36. The van der Waals surface area contributed by atoms with E-state index in [0.717, 1.165) is 0 Å². The number of hydrogen-bond donors (Lipinski definition) is 0. The van der Waals surface area contributed by atoms with E-state index in [4.69, 9.17) is 0 Å². The minimum absolute atomic E-state index is 0.310. The van der Waals surface area contributed by atoms with Gasteiger partial charge in [-0.05, 0) is 13.8 Å². The Labute approximate surface area is 88.6 Å². The SMILES string of the molecule is CC(C)N=Cc1c(F)c(F)c(F)c(F)c1F. The molecule has 0 saturated heterocycles. The molecule has 0 aromatic heterocycles. The third-order valence-electron chi connectivity index (χ3n) is 1.75. The second-order valence-corrected chi connectivity index (χ2v) is 3.36. The molecule has 1 aromatic carbocycles.